The molecule has 1 aromatic carbocycles. The summed E-state index contributed by atoms with van der Waals surface area (Å²) in [4.78, 5) is 4.07. The van der Waals surface area contributed by atoms with Crippen molar-refractivity contribution in [3.8, 4) is 11.4 Å². The van der Waals surface area contributed by atoms with Crippen LogP contribution in [0.1, 0.15) is 5.82 Å². The Morgan fingerprint density at radius 3 is 2.86 bits per heavy atom. The molecule has 0 unspecified atom stereocenters. The van der Waals surface area contributed by atoms with Gasteiger partial charge < -0.3 is 5.73 Å². The number of nitrogens with two attached hydrogens (primary N) is 1. The number of hydrogen-bond donors (Lipinski definition) is 2. The average molecular weight is 192 g/mol. The number of halogens is 1. The summed E-state index contributed by atoms with van der Waals surface area (Å²) in [6.45, 7) is 1.77. The van der Waals surface area contributed by atoms with E-state index in [4.69, 9.17) is 5.73 Å². The fraction of sp³-hybridized carbons (Fsp3) is 0.111. The van der Waals surface area contributed by atoms with Crippen molar-refractivity contribution >= 4 is 5.69 Å². The largest absolute Gasteiger partial charge is 0.398 e. The molecule has 0 aliphatic rings. The highest BCUT2D eigenvalue weighted by molar-refractivity contribution is 5.71. The van der Waals surface area contributed by atoms with E-state index in [0.717, 1.165) is 0 Å². The highest BCUT2D eigenvalue weighted by Gasteiger charge is 2.08. The molecule has 14 heavy (non-hydrogen) atoms. The SMILES string of the molecule is Cc1nc(-c2cc(F)ccc2N)n[nH]1. The van der Waals surface area contributed by atoms with Crippen LogP contribution in [0.2, 0.25) is 0 Å². The summed E-state index contributed by atoms with van der Waals surface area (Å²) in [6, 6.07) is 4.12. The number of aromatic nitrogens is 3. The van der Waals surface area contributed by atoms with Crippen LogP contribution >= 0.6 is 0 Å². The van der Waals surface area contributed by atoms with E-state index in [1.54, 1.807) is 6.92 Å². The first-order chi connectivity index (χ1) is 6.66. The van der Waals surface area contributed by atoms with Crippen molar-refractivity contribution in [2.45, 2.75) is 6.92 Å². The maximum absolute atomic E-state index is 12.9. The molecule has 0 bridgehead atoms. The Bertz CT molecular complexity index is 464. The van der Waals surface area contributed by atoms with Gasteiger partial charge in [-0.05, 0) is 25.1 Å². The van der Waals surface area contributed by atoms with Crippen LogP contribution in [-0.4, -0.2) is 15.2 Å². The molecule has 0 saturated carbocycles. The predicted octanol–water partition coefficient (Wildman–Crippen LogP) is 1.50. The fourth-order valence-electron chi connectivity index (χ4n) is 1.19. The molecule has 4 nitrogen and oxygen atoms in total. The van der Waals surface area contributed by atoms with E-state index in [1.165, 1.54) is 18.2 Å². The molecular formula is C9H9FN4. The predicted molar refractivity (Wildman–Crippen MR) is 50.9 cm³/mol. The van der Waals surface area contributed by atoms with Crippen LogP contribution in [0.25, 0.3) is 11.4 Å². The number of H-pyrrole nitrogens is 1. The zero-order valence-electron chi connectivity index (χ0n) is 7.58. The maximum Gasteiger partial charge on any atom is 0.183 e. The van der Waals surface area contributed by atoms with Crippen molar-refractivity contribution in [3.63, 3.8) is 0 Å². The summed E-state index contributed by atoms with van der Waals surface area (Å²) in [7, 11) is 0. The second-order valence-electron chi connectivity index (χ2n) is 2.98. The van der Waals surface area contributed by atoms with Crippen molar-refractivity contribution < 1.29 is 4.39 Å². The molecule has 2 rings (SSSR count). The molecule has 0 atom stereocenters. The second-order valence-corrected chi connectivity index (χ2v) is 2.98. The van der Waals surface area contributed by atoms with Gasteiger partial charge in [-0.3, -0.25) is 5.10 Å². The van der Waals surface area contributed by atoms with Crippen molar-refractivity contribution in [1.29, 1.82) is 0 Å². The number of nitrogens with one attached hydrogen (secondary N) is 1. The van der Waals surface area contributed by atoms with Gasteiger partial charge in [-0.1, -0.05) is 0 Å². The minimum Gasteiger partial charge on any atom is -0.398 e. The lowest BCUT2D eigenvalue weighted by Gasteiger charge is -2.00. The first-order valence-electron chi connectivity index (χ1n) is 4.11. The number of nitrogens with zero attached hydrogens (tertiary/aromatic N) is 2. The molecular weight excluding hydrogens is 183 g/mol. The van der Waals surface area contributed by atoms with E-state index in [2.05, 4.69) is 15.2 Å². The lowest BCUT2D eigenvalue weighted by Crippen LogP contribution is -1.92. The second kappa shape index (κ2) is 3.10. The van der Waals surface area contributed by atoms with E-state index in [9.17, 15) is 4.39 Å². The molecule has 1 aromatic heterocycles. The maximum atomic E-state index is 12.9. The van der Waals surface area contributed by atoms with Crippen LogP contribution < -0.4 is 5.73 Å². The standard InChI is InChI=1S/C9H9FN4/c1-5-12-9(14-13-5)7-4-6(10)2-3-8(7)11/h2-4H,11H2,1H3,(H,12,13,14). The Balaban J connectivity index is 2.55. The van der Waals surface area contributed by atoms with Crippen molar-refractivity contribution in [2.24, 2.45) is 0 Å². The third kappa shape index (κ3) is 1.44. The van der Waals surface area contributed by atoms with Crippen molar-refractivity contribution in [3.05, 3.63) is 29.8 Å². The van der Waals surface area contributed by atoms with Crippen molar-refractivity contribution in [1.82, 2.24) is 15.2 Å². The van der Waals surface area contributed by atoms with Crippen LogP contribution in [0.5, 0.6) is 0 Å². The van der Waals surface area contributed by atoms with Crippen LogP contribution in [0.3, 0.4) is 0 Å². The summed E-state index contributed by atoms with van der Waals surface area (Å²) < 4.78 is 12.9. The molecule has 3 N–H and O–H groups in total. The Labute approximate surface area is 80.0 Å². The molecule has 0 fully saturated rings. The van der Waals surface area contributed by atoms with Gasteiger partial charge in [0, 0.05) is 11.3 Å². The molecule has 0 aliphatic heterocycles. The molecule has 0 radical (unpaired) electrons. The third-order valence-corrected chi connectivity index (χ3v) is 1.85. The van der Waals surface area contributed by atoms with Crippen LogP contribution in [0.4, 0.5) is 10.1 Å². The van der Waals surface area contributed by atoms with Gasteiger partial charge >= 0.3 is 0 Å². The molecule has 72 valence electrons. The van der Waals surface area contributed by atoms with E-state index >= 15 is 0 Å². The van der Waals surface area contributed by atoms with Gasteiger partial charge in [0.05, 0.1) is 0 Å². The van der Waals surface area contributed by atoms with Gasteiger partial charge in [-0.15, -0.1) is 0 Å². The van der Waals surface area contributed by atoms with Gasteiger partial charge in [0.2, 0.25) is 0 Å². The van der Waals surface area contributed by atoms with Crippen LogP contribution in [-0.2, 0) is 0 Å². The van der Waals surface area contributed by atoms with Crippen molar-refractivity contribution in [2.75, 3.05) is 5.73 Å². The Hall–Kier alpha value is -1.91. The number of hydrogen-bond acceptors (Lipinski definition) is 3. The molecule has 2 aromatic rings. The monoisotopic (exact) mass is 192 g/mol. The topological polar surface area (TPSA) is 67.6 Å². The zero-order valence-corrected chi connectivity index (χ0v) is 7.58. The van der Waals surface area contributed by atoms with E-state index in [0.29, 0.717) is 22.9 Å². The van der Waals surface area contributed by atoms with Gasteiger partial charge in [0.1, 0.15) is 11.6 Å². The quantitative estimate of drug-likeness (QED) is 0.673. The minimum absolute atomic E-state index is 0.350. The van der Waals surface area contributed by atoms with Crippen LogP contribution in [0, 0.1) is 12.7 Å². The van der Waals surface area contributed by atoms with E-state index in [1.807, 2.05) is 0 Å². The number of nitrogen functional groups attached to an aromatic ring is 1. The molecule has 0 amide bonds. The smallest absolute Gasteiger partial charge is 0.183 e. The Morgan fingerprint density at radius 2 is 2.21 bits per heavy atom. The van der Waals surface area contributed by atoms with Gasteiger partial charge in [-0.25, -0.2) is 9.37 Å². The number of aromatic amines is 1. The minimum atomic E-state index is -0.350. The highest BCUT2D eigenvalue weighted by atomic mass is 19.1. The summed E-state index contributed by atoms with van der Waals surface area (Å²) >= 11 is 0. The average Bonchev–Trinajstić information content (AvgIpc) is 2.56. The number of anilines is 1. The number of benzene rings is 1. The lowest BCUT2D eigenvalue weighted by molar-refractivity contribution is 0.628. The zero-order chi connectivity index (χ0) is 10.1. The number of rotatable bonds is 1. The van der Waals surface area contributed by atoms with Gasteiger partial charge in [0.15, 0.2) is 5.82 Å². The molecule has 0 saturated heterocycles. The third-order valence-electron chi connectivity index (χ3n) is 1.85. The van der Waals surface area contributed by atoms with Gasteiger partial charge in [0.25, 0.3) is 0 Å². The summed E-state index contributed by atoms with van der Waals surface area (Å²) in [6.07, 6.45) is 0. The molecule has 0 aliphatic carbocycles. The Kier molecular flexibility index (Phi) is 1.92. The van der Waals surface area contributed by atoms with Crippen LogP contribution in [0.15, 0.2) is 18.2 Å². The first-order valence-corrected chi connectivity index (χ1v) is 4.11. The van der Waals surface area contributed by atoms with Gasteiger partial charge in [-0.2, -0.15) is 5.10 Å². The summed E-state index contributed by atoms with van der Waals surface area (Å²) in [5.74, 6) is 0.736. The van der Waals surface area contributed by atoms with E-state index < -0.39 is 0 Å². The highest BCUT2D eigenvalue weighted by Crippen LogP contribution is 2.22. The first kappa shape index (κ1) is 8.68. The normalized spacial score (nSPS) is 10.4. The number of aryl methyl sites for hydroxylation is 1. The molecule has 5 heteroatoms. The fourth-order valence-corrected chi connectivity index (χ4v) is 1.19. The summed E-state index contributed by atoms with van der Waals surface area (Å²) in [5, 5.41) is 6.58. The Morgan fingerprint density at radius 1 is 1.43 bits per heavy atom. The van der Waals surface area contributed by atoms with E-state index in [-0.39, 0.29) is 5.82 Å². The molecule has 0 spiro atoms. The molecule has 1 heterocycles. The lowest BCUT2D eigenvalue weighted by atomic mass is 10.1. The summed E-state index contributed by atoms with van der Waals surface area (Å²) in [5.41, 5.74) is 6.64.